The van der Waals surface area contributed by atoms with E-state index in [2.05, 4.69) is 25.2 Å². The molecule has 0 aromatic heterocycles. The third-order valence-electron chi connectivity index (χ3n) is 4.56. The monoisotopic (exact) mass is 345 g/mol. The van der Waals surface area contributed by atoms with Crippen LogP contribution < -0.4 is 5.32 Å². The molecule has 0 saturated heterocycles. The summed E-state index contributed by atoms with van der Waals surface area (Å²) in [5, 5.41) is 12.0. The van der Waals surface area contributed by atoms with Gasteiger partial charge in [-0.15, -0.1) is 0 Å². The third kappa shape index (κ3) is 6.61. The Morgan fingerprint density at radius 3 is 2.68 bits per heavy atom. The first-order valence-electron chi connectivity index (χ1n) is 8.78. The van der Waals surface area contributed by atoms with Gasteiger partial charge in [0.15, 0.2) is 0 Å². The Hall–Kier alpha value is -2.30. The molecule has 1 aromatic carbocycles. The number of hydrogen-bond acceptors (Lipinski definition) is 3. The number of rotatable bonds is 7. The maximum Gasteiger partial charge on any atom is 0.407 e. The Balaban J connectivity index is 1.78. The van der Waals surface area contributed by atoms with Crippen LogP contribution in [0.4, 0.5) is 4.79 Å². The molecular formula is C20H27NO4. The molecule has 0 aliphatic heterocycles. The van der Waals surface area contributed by atoms with E-state index in [0.717, 1.165) is 18.4 Å². The highest BCUT2D eigenvalue weighted by Crippen LogP contribution is 2.32. The van der Waals surface area contributed by atoms with Crippen LogP contribution in [0.3, 0.4) is 0 Å². The van der Waals surface area contributed by atoms with Crippen molar-refractivity contribution >= 4 is 12.1 Å². The van der Waals surface area contributed by atoms with Crippen LogP contribution >= 0.6 is 0 Å². The number of hydrogen-bond donors (Lipinski definition) is 2. The topological polar surface area (TPSA) is 75.6 Å². The average molecular weight is 345 g/mol. The second-order valence-electron chi connectivity index (χ2n) is 7.01. The first-order chi connectivity index (χ1) is 11.9. The van der Waals surface area contributed by atoms with Crippen LogP contribution in [-0.4, -0.2) is 23.7 Å². The summed E-state index contributed by atoms with van der Waals surface area (Å²) in [6, 6.07) is 9.38. The molecule has 0 radical (unpaired) electrons. The van der Waals surface area contributed by atoms with Crippen molar-refractivity contribution in [2.24, 2.45) is 17.8 Å². The van der Waals surface area contributed by atoms with E-state index in [-0.39, 0.29) is 13.2 Å². The molecule has 1 amide bonds. The second kappa shape index (κ2) is 9.25. The van der Waals surface area contributed by atoms with E-state index >= 15 is 0 Å². The standard InChI is InChI=1S/C20H27NO4/c1-14-8-15(2)10-17(9-14)11-18(19(22)23)12-21-20(24)25-13-16-6-4-3-5-7-16/h3-8,14,17-18H,9-13H2,1-2H3,(H,21,24)(H,22,23). The van der Waals surface area contributed by atoms with Crippen molar-refractivity contribution in [1.29, 1.82) is 0 Å². The molecule has 0 fully saturated rings. The zero-order chi connectivity index (χ0) is 18.2. The van der Waals surface area contributed by atoms with E-state index in [9.17, 15) is 14.7 Å². The number of allylic oxidation sites excluding steroid dienone is 2. The van der Waals surface area contributed by atoms with Gasteiger partial charge in [0.25, 0.3) is 0 Å². The summed E-state index contributed by atoms with van der Waals surface area (Å²) in [6.07, 6.45) is 4.18. The van der Waals surface area contributed by atoms with Crippen molar-refractivity contribution in [3.63, 3.8) is 0 Å². The Bertz CT molecular complexity index is 611. The first-order valence-corrected chi connectivity index (χ1v) is 8.78. The van der Waals surface area contributed by atoms with Gasteiger partial charge in [0.05, 0.1) is 5.92 Å². The van der Waals surface area contributed by atoms with Gasteiger partial charge in [0.2, 0.25) is 0 Å². The van der Waals surface area contributed by atoms with Crippen LogP contribution in [0.5, 0.6) is 0 Å². The number of aliphatic carboxylic acids is 1. The van der Waals surface area contributed by atoms with Gasteiger partial charge in [0, 0.05) is 6.54 Å². The number of benzene rings is 1. The average Bonchev–Trinajstić information content (AvgIpc) is 2.56. The first kappa shape index (κ1) is 19.0. The minimum Gasteiger partial charge on any atom is -0.481 e. The van der Waals surface area contributed by atoms with Gasteiger partial charge >= 0.3 is 12.1 Å². The van der Waals surface area contributed by atoms with E-state index in [1.165, 1.54) is 5.57 Å². The largest absolute Gasteiger partial charge is 0.481 e. The van der Waals surface area contributed by atoms with Crippen molar-refractivity contribution in [2.45, 2.75) is 39.7 Å². The lowest BCUT2D eigenvalue weighted by Gasteiger charge is -2.27. The van der Waals surface area contributed by atoms with Crippen LogP contribution in [0.1, 0.15) is 38.7 Å². The lowest BCUT2D eigenvalue weighted by molar-refractivity contribution is -0.142. The second-order valence-corrected chi connectivity index (χ2v) is 7.01. The number of alkyl carbamates (subject to hydrolysis) is 1. The molecule has 1 aliphatic carbocycles. The molecule has 2 N–H and O–H groups in total. The van der Waals surface area contributed by atoms with Gasteiger partial charge in [-0.25, -0.2) is 4.79 Å². The molecule has 1 aliphatic rings. The van der Waals surface area contributed by atoms with Crippen LogP contribution in [0.2, 0.25) is 0 Å². The van der Waals surface area contributed by atoms with E-state index < -0.39 is 18.0 Å². The summed E-state index contributed by atoms with van der Waals surface area (Å²) in [7, 11) is 0. The fraction of sp³-hybridized carbons (Fsp3) is 0.500. The third-order valence-corrected chi connectivity index (χ3v) is 4.56. The van der Waals surface area contributed by atoms with Crippen molar-refractivity contribution in [3.05, 3.63) is 47.5 Å². The summed E-state index contributed by atoms with van der Waals surface area (Å²) in [4.78, 5) is 23.3. The lowest BCUT2D eigenvalue weighted by Crippen LogP contribution is -2.34. The van der Waals surface area contributed by atoms with E-state index in [4.69, 9.17) is 4.74 Å². The van der Waals surface area contributed by atoms with Gasteiger partial charge in [-0.2, -0.15) is 0 Å². The Kier molecular flexibility index (Phi) is 7.04. The molecule has 0 spiro atoms. The molecule has 0 saturated carbocycles. The van der Waals surface area contributed by atoms with Crippen molar-refractivity contribution in [3.8, 4) is 0 Å². The van der Waals surface area contributed by atoms with Gasteiger partial charge in [-0.1, -0.05) is 48.9 Å². The van der Waals surface area contributed by atoms with Gasteiger partial charge in [-0.05, 0) is 43.6 Å². The molecule has 136 valence electrons. The highest BCUT2D eigenvalue weighted by molar-refractivity contribution is 5.72. The smallest absolute Gasteiger partial charge is 0.407 e. The molecule has 0 heterocycles. The predicted octanol–water partition coefficient (Wildman–Crippen LogP) is 4.00. The number of carbonyl (C=O) groups excluding carboxylic acids is 1. The highest BCUT2D eigenvalue weighted by atomic mass is 16.5. The fourth-order valence-corrected chi connectivity index (χ4v) is 3.52. The zero-order valence-corrected chi connectivity index (χ0v) is 14.9. The van der Waals surface area contributed by atoms with Gasteiger partial charge in [0.1, 0.15) is 6.61 Å². The number of carbonyl (C=O) groups is 2. The SMILES string of the molecule is CC1=CC(C)CC(CC(CNC(=O)OCc2ccccc2)C(=O)O)C1. The maximum absolute atomic E-state index is 11.8. The summed E-state index contributed by atoms with van der Waals surface area (Å²) in [5.41, 5.74) is 2.22. The van der Waals surface area contributed by atoms with Gasteiger partial charge < -0.3 is 15.2 Å². The summed E-state index contributed by atoms with van der Waals surface area (Å²) in [6.45, 7) is 4.52. The Morgan fingerprint density at radius 2 is 2.04 bits per heavy atom. The van der Waals surface area contributed by atoms with E-state index in [0.29, 0.717) is 18.3 Å². The lowest BCUT2D eigenvalue weighted by atomic mass is 9.79. The minimum atomic E-state index is -0.872. The molecule has 1 aromatic rings. The van der Waals surface area contributed by atoms with Crippen LogP contribution in [0, 0.1) is 17.8 Å². The fourth-order valence-electron chi connectivity index (χ4n) is 3.52. The van der Waals surface area contributed by atoms with Crippen LogP contribution in [-0.2, 0) is 16.1 Å². The molecular weight excluding hydrogens is 318 g/mol. The summed E-state index contributed by atoms with van der Waals surface area (Å²) in [5.74, 6) is -0.629. The molecule has 2 rings (SSSR count). The normalized spacial score (nSPS) is 21.1. The number of carboxylic acid groups (broad SMARTS) is 1. The Morgan fingerprint density at radius 1 is 1.32 bits per heavy atom. The van der Waals surface area contributed by atoms with Crippen molar-refractivity contribution < 1.29 is 19.4 Å². The van der Waals surface area contributed by atoms with Gasteiger partial charge in [-0.3, -0.25) is 4.79 Å². The van der Waals surface area contributed by atoms with E-state index in [1.807, 2.05) is 30.3 Å². The number of carboxylic acids is 1. The molecule has 25 heavy (non-hydrogen) atoms. The number of amides is 1. The minimum absolute atomic E-state index is 0.0938. The predicted molar refractivity (Wildman–Crippen MR) is 96.0 cm³/mol. The number of nitrogens with one attached hydrogen (secondary N) is 1. The quantitative estimate of drug-likeness (QED) is 0.733. The van der Waals surface area contributed by atoms with Crippen LogP contribution in [0.25, 0.3) is 0 Å². The maximum atomic E-state index is 11.8. The zero-order valence-electron chi connectivity index (χ0n) is 14.9. The summed E-state index contributed by atoms with van der Waals surface area (Å²) < 4.78 is 5.13. The summed E-state index contributed by atoms with van der Waals surface area (Å²) >= 11 is 0. The van der Waals surface area contributed by atoms with E-state index in [1.54, 1.807) is 0 Å². The molecule has 3 unspecified atom stereocenters. The van der Waals surface area contributed by atoms with Crippen molar-refractivity contribution in [1.82, 2.24) is 5.32 Å². The molecule has 5 heteroatoms. The number of ether oxygens (including phenoxy) is 1. The highest BCUT2D eigenvalue weighted by Gasteiger charge is 2.26. The van der Waals surface area contributed by atoms with Crippen molar-refractivity contribution in [2.75, 3.05) is 6.54 Å². The molecule has 5 nitrogen and oxygen atoms in total. The Labute approximate surface area is 149 Å². The molecule has 0 bridgehead atoms. The van der Waals surface area contributed by atoms with Crippen LogP contribution in [0.15, 0.2) is 42.0 Å². The molecule has 3 atom stereocenters.